The predicted molar refractivity (Wildman–Crippen MR) is 71.5 cm³/mol. The summed E-state index contributed by atoms with van der Waals surface area (Å²) < 4.78 is 14.6. The van der Waals surface area contributed by atoms with Crippen LogP contribution < -0.4 is 10.6 Å². The molecule has 0 bridgehead atoms. The van der Waals surface area contributed by atoms with Gasteiger partial charge in [-0.15, -0.1) is 5.10 Å². The second kappa shape index (κ2) is 4.77. The lowest BCUT2D eigenvalue weighted by molar-refractivity contribution is 0.362. The molecule has 1 saturated heterocycles. The van der Waals surface area contributed by atoms with Crippen LogP contribution in [0.5, 0.6) is 0 Å². The van der Waals surface area contributed by atoms with E-state index in [1.165, 1.54) is 16.8 Å². The highest BCUT2D eigenvalue weighted by molar-refractivity contribution is 5.44. The van der Waals surface area contributed by atoms with Crippen LogP contribution >= 0.6 is 0 Å². The summed E-state index contributed by atoms with van der Waals surface area (Å²) in [5, 5.41) is 4.34. The molecule has 0 saturated carbocycles. The summed E-state index contributed by atoms with van der Waals surface area (Å²) in [6.45, 7) is 3.85. The molecular weight excluding hydrogens is 245 g/mol. The van der Waals surface area contributed by atoms with Gasteiger partial charge in [0.1, 0.15) is 5.82 Å². The molecule has 2 unspecified atom stereocenters. The van der Waals surface area contributed by atoms with Crippen molar-refractivity contribution < 1.29 is 4.39 Å². The van der Waals surface area contributed by atoms with Crippen molar-refractivity contribution in [3.8, 4) is 0 Å². The summed E-state index contributed by atoms with van der Waals surface area (Å²) in [5.41, 5.74) is 6.65. The fourth-order valence-electron chi connectivity index (χ4n) is 2.60. The van der Waals surface area contributed by atoms with E-state index >= 15 is 0 Å². The van der Waals surface area contributed by atoms with Gasteiger partial charge >= 0.3 is 0 Å². The van der Waals surface area contributed by atoms with Crippen LogP contribution in [0.2, 0.25) is 0 Å². The molecule has 2 N–H and O–H groups in total. The number of hydrogen-bond donors (Lipinski definition) is 1. The number of pyridine rings is 1. The summed E-state index contributed by atoms with van der Waals surface area (Å²) in [4.78, 5) is 6.58. The molecule has 6 heteroatoms. The molecule has 0 aliphatic carbocycles. The molecule has 0 radical (unpaired) electrons. The number of anilines is 1. The Morgan fingerprint density at radius 2 is 2.32 bits per heavy atom. The zero-order valence-electron chi connectivity index (χ0n) is 11.0. The quantitative estimate of drug-likeness (QED) is 0.890. The molecule has 1 aliphatic rings. The first-order chi connectivity index (χ1) is 9.13. The van der Waals surface area contributed by atoms with Crippen molar-refractivity contribution in [3.05, 3.63) is 24.1 Å². The van der Waals surface area contributed by atoms with Gasteiger partial charge in [-0.2, -0.15) is 4.98 Å². The van der Waals surface area contributed by atoms with Crippen molar-refractivity contribution >= 4 is 11.6 Å². The summed E-state index contributed by atoms with van der Waals surface area (Å²) in [7, 11) is 0. The van der Waals surface area contributed by atoms with Crippen LogP contribution in [0.4, 0.5) is 10.3 Å². The lowest BCUT2D eigenvalue weighted by atomic mass is 9.92. The first kappa shape index (κ1) is 12.3. The van der Waals surface area contributed by atoms with Crippen molar-refractivity contribution in [2.75, 3.05) is 18.0 Å². The van der Waals surface area contributed by atoms with E-state index in [1.807, 2.05) is 6.92 Å². The Bertz CT molecular complexity index is 579. The molecule has 2 aromatic heterocycles. The van der Waals surface area contributed by atoms with E-state index in [2.05, 4.69) is 15.0 Å². The lowest BCUT2D eigenvalue weighted by Crippen LogP contribution is -2.42. The average Bonchev–Trinajstić information content (AvgIpc) is 2.81. The first-order valence-corrected chi connectivity index (χ1v) is 6.66. The molecule has 0 aromatic carbocycles. The van der Waals surface area contributed by atoms with Crippen molar-refractivity contribution in [1.82, 2.24) is 14.6 Å². The van der Waals surface area contributed by atoms with E-state index in [0.717, 1.165) is 25.9 Å². The molecule has 1 fully saturated rings. The fourth-order valence-corrected chi connectivity index (χ4v) is 2.60. The standard InChI is InChI=1S/C13H18FN5/c1-9(15)10-3-2-6-18(7-10)13-16-12-5-4-11(14)8-19(12)17-13/h4-5,8-10H,2-3,6-7,15H2,1H3. The van der Waals surface area contributed by atoms with Crippen LogP contribution in [0, 0.1) is 11.7 Å². The molecule has 5 nitrogen and oxygen atoms in total. The lowest BCUT2D eigenvalue weighted by Gasteiger charge is -2.33. The Kier molecular flexibility index (Phi) is 3.10. The van der Waals surface area contributed by atoms with E-state index in [0.29, 0.717) is 17.5 Å². The number of piperidine rings is 1. The SMILES string of the molecule is CC(N)C1CCCN(c2nc3ccc(F)cn3n2)C1. The number of nitrogens with two attached hydrogens (primary N) is 1. The van der Waals surface area contributed by atoms with Crippen LogP contribution in [0.25, 0.3) is 5.65 Å². The summed E-state index contributed by atoms with van der Waals surface area (Å²) >= 11 is 0. The normalized spacial score (nSPS) is 21.8. The topological polar surface area (TPSA) is 59.5 Å². The van der Waals surface area contributed by atoms with Gasteiger partial charge in [0.05, 0.1) is 6.20 Å². The minimum atomic E-state index is -0.309. The van der Waals surface area contributed by atoms with Crippen molar-refractivity contribution in [3.63, 3.8) is 0 Å². The Morgan fingerprint density at radius 1 is 1.47 bits per heavy atom. The zero-order valence-corrected chi connectivity index (χ0v) is 11.0. The van der Waals surface area contributed by atoms with E-state index in [4.69, 9.17) is 5.73 Å². The highest BCUT2D eigenvalue weighted by Gasteiger charge is 2.25. The molecule has 3 heterocycles. The molecular formula is C13H18FN5. The van der Waals surface area contributed by atoms with Gasteiger partial charge in [-0.3, -0.25) is 0 Å². The Morgan fingerprint density at radius 3 is 3.11 bits per heavy atom. The number of aromatic nitrogens is 3. The van der Waals surface area contributed by atoms with Crippen LogP contribution in [0.15, 0.2) is 18.3 Å². The van der Waals surface area contributed by atoms with Crippen LogP contribution in [0.1, 0.15) is 19.8 Å². The molecule has 0 amide bonds. The monoisotopic (exact) mass is 263 g/mol. The summed E-state index contributed by atoms with van der Waals surface area (Å²) in [5.74, 6) is 0.823. The smallest absolute Gasteiger partial charge is 0.245 e. The molecule has 3 rings (SSSR count). The third-order valence-corrected chi connectivity index (χ3v) is 3.77. The van der Waals surface area contributed by atoms with Crippen LogP contribution in [0.3, 0.4) is 0 Å². The van der Waals surface area contributed by atoms with Gasteiger partial charge in [-0.1, -0.05) is 0 Å². The summed E-state index contributed by atoms with van der Waals surface area (Å²) in [6.07, 6.45) is 3.59. The molecule has 19 heavy (non-hydrogen) atoms. The van der Waals surface area contributed by atoms with E-state index in [-0.39, 0.29) is 11.9 Å². The average molecular weight is 263 g/mol. The largest absolute Gasteiger partial charge is 0.339 e. The third kappa shape index (κ3) is 2.40. The Hall–Kier alpha value is -1.69. The van der Waals surface area contributed by atoms with Crippen molar-refractivity contribution in [2.24, 2.45) is 11.7 Å². The van der Waals surface area contributed by atoms with E-state index in [1.54, 1.807) is 6.07 Å². The number of fused-ring (bicyclic) bond motifs is 1. The highest BCUT2D eigenvalue weighted by atomic mass is 19.1. The minimum absolute atomic E-state index is 0.178. The number of rotatable bonds is 2. The second-order valence-electron chi connectivity index (χ2n) is 5.27. The van der Waals surface area contributed by atoms with Crippen LogP contribution in [-0.4, -0.2) is 33.7 Å². The number of halogens is 1. The van der Waals surface area contributed by atoms with Gasteiger partial charge in [0.15, 0.2) is 5.65 Å². The van der Waals surface area contributed by atoms with Gasteiger partial charge in [0, 0.05) is 19.1 Å². The second-order valence-corrected chi connectivity index (χ2v) is 5.27. The first-order valence-electron chi connectivity index (χ1n) is 6.66. The Balaban J connectivity index is 1.87. The zero-order chi connectivity index (χ0) is 13.4. The maximum absolute atomic E-state index is 13.1. The maximum Gasteiger partial charge on any atom is 0.245 e. The van der Waals surface area contributed by atoms with Crippen molar-refractivity contribution in [1.29, 1.82) is 0 Å². The number of hydrogen-bond acceptors (Lipinski definition) is 4. The molecule has 2 aromatic rings. The fraction of sp³-hybridized carbons (Fsp3) is 0.538. The van der Waals surface area contributed by atoms with Crippen molar-refractivity contribution in [2.45, 2.75) is 25.8 Å². The van der Waals surface area contributed by atoms with Crippen LogP contribution in [-0.2, 0) is 0 Å². The highest BCUT2D eigenvalue weighted by Crippen LogP contribution is 2.22. The Labute approximate surface area is 111 Å². The minimum Gasteiger partial charge on any atom is -0.339 e. The van der Waals surface area contributed by atoms with Gasteiger partial charge < -0.3 is 10.6 Å². The van der Waals surface area contributed by atoms with Gasteiger partial charge in [0.25, 0.3) is 0 Å². The predicted octanol–water partition coefficient (Wildman–Crippen LogP) is 1.43. The molecule has 102 valence electrons. The maximum atomic E-state index is 13.1. The van der Waals surface area contributed by atoms with Gasteiger partial charge in [0.2, 0.25) is 5.95 Å². The van der Waals surface area contributed by atoms with E-state index < -0.39 is 0 Å². The van der Waals surface area contributed by atoms with E-state index in [9.17, 15) is 4.39 Å². The van der Waals surface area contributed by atoms with Gasteiger partial charge in [-0.25, -0.2) is 8.91 Å². The van der Waals surface area contributed by atoms with Gasteiger partial charge in [-0.05, 0) is 37.8 Å². The molecule has 2 atom stereocenters. The number of nitrogens with zero attached hydrogens (tertiary/aromatic N) is 4. The summed E-state index contributed by atoms with van der Waals surface area (Å²) in [6, 6.07) is 3.21. The third-order valence-electron chi connectivity index (χ3n) is 3.77. The molecule has 0 spiro atoms. The molecule has 1 aliphatic heterocycles.